The summed E-state index contributed by atoms with van der Waals surface area (Å²) in [6.07, 6.45) is 3.73. The van der Waals surface area contributed by atoms with Gasteiger partial charge in [-0.3, -0.25) is 4.79 Å². The van der Waals surface area contributed by atoms with E-state index < -0.39 is 18.6 Å². The number of carboxylic acid groups (broad SMARTS) is 2. The molecule has 42 heavy (non-hydrogen) atoms. The number of aliphatic carboxylic acids is 2. The fourth-order valence-corrected chi connectivity index (χ4v) is 4.79. The largest absolute Gasteiger partial charge is 0.491 e. The molecule has 0 atom stereocenters. The third kappa shape index (κ3) is 11.3. The second-order valence-corrected chi connectivity index (χ2v) is 10.0. The molecule has 2 heterocycles. The van der Waals surface area contributed by atoms with E-state index in [2.05, 4.69) is 4.90 Å². The van der Waals surface area contributed by atoms with Crippen LogP contribution in [0.5, 0.6) is 5.75 Å². The van der Waals surface area contributed by atoms with Crippen LogP contribution in [0.1, 0.15) is 36.8 Å². The molecule has 10 nitrogen and oxygen atoms in total. The van der Waals surface area contributed by atoms with Gasteiger partial charge in [0.25, 0.3) is 0 Å². The Morgan fingerprint density at radius 3 is 2.10 bits per heavy atom. The van der Waals surface area contributed by atoms with Crippen molar-refractivity contribution in [2.24, 2.45) is 0 Å². The Labute approximate surface area is 243 Å². The highest BCUT2D eigenvalue weighted by molar-refractivity contribution is 6.27. The maximum absolute atomic E-state index is 13.5. The molecule has 2 aliphatic heterocycles. The number of hydrogen-bond donors (Lipinski definition) is 2. The average Bonchev–Trinajstić information content (AvgIpc) is 3.00. The van der Waals surface area contributed by atoms with E-state index in [1.54, 1.807) is 24.3 Å². The van der Waals surface area contributed by atoms with Gasteiger partial charge in [-0.25, -0.2) is 18.4 Å². The predicted octanol–water partition coefficient (Wildman–Crippen LogP) is 3.52. The molecule has 0 saturated carbocycles. The van der Waals surface area contributed by atoms with Crippen LogP contribution in [0.15, 0.2) is 48.5 Å². The van der Waals surface area contributed by atoms with E-state index in [4.69, 9.17) is 34.0 Å². The molecule has 4 rings (SSSR count). The monoisotopic (exact) mass is 592 g/mol. The zero-order valence-corrected chi connectivity index (χ0v) is 23.5. The first kappa shape index (κ1) is 32.9. The minimum Gasteiger partial charge on any atom is -0.491 e. The van der Waals surface area contributed by atoms with Crippen molar-refractivity contribution in [3.8, 4) is 5.75 Å². The molecule has 12 heteroatoms. The summed E-state index contributed by atoms with van der Waals surface area (Å²) in [5.41, 5.74) is 1.79. The van der Waals surface area contributed by atoms with E-state index in [1.807, 2.05) is 17.0 Å². The second kappa shape index (κ2) is 17.4. The molecule has 2 aliphatic rings. The number of amides is 1. The number of carboxylic acids is 2. The fraction of sp³-hybridized carbons (Fsp3) is 0.500. The van der Waals surface area contributed by atoms with Crippen molar-refractivity contribution < 1.29 is 47.6 Å². The number of nitrogens with zero attached hydrogens (tertiary/aromatic N) is 2. The molecule has 230 valence electrons. The van der Waals surface area contributed by atoms with Gasteiger partial charge in [-0.15, -0.1) is 0 Å². The molecular weight excluding hydrogens is 554 g/mol. The fourth-order valence-electron chi connectivity index (χ4n) is 4.79. The topological polar surface area (TPSA) is 126 Å². The Morgan fingerprint density at radius 1 is 0.929 bits per heavy atom. The first-order chi connectivity index (χ1) is 20.2. The lowest BCUT2D eigenvalue weighted by molar-refractivity contribution is -0.183. The molecule has 0 unspecified atom stereocenters. The van der Waals surface area contributed by atoms with Gasteiger partial charge in [0.05, 0.1) is 19.6 Å². The van der Waals surface area contributed by atoms with Crippen molar-refractivity contribution in [1.29, 1.82) is 0 Å². The molecule has 0 spiro atoms. The Kier molecular flexibility index (Phi) is 13.6. The zero-order chi connectivity index (χ0) is 30.3. The first-order valence-electron chi connectivity index (χ1n) is 14.0. The van der Waals surface area contributed by atoms with Crippen LogP contribution in [0.2, 0.25) is 0 Å². The van der Waals surface area contributed by atoms with Crippen molar-refractivity contribution >= 4 is 17.8 Å². The van der Waals surface area contributed by atoms with Gasteiger partial charge in [0.1, 0.15) is 24.8 Å². The number of likely N-dealkylation sites (tertiary alicyclic amines) is 1. The minimum atomic E-state index is -1.82. The molecule has 0 aliphatic carbocycles. The second-order valence-electron chi connectivity index (χ2n) is 10.0. The number of benzene rings is 2. The highest BCUT2D eigenvalue weighted by Gasteiger charge is 2.28. The molecular formula is C30H38F2N2O8. The number of carbonyl (C=O) groups is 3. The van der Waals surface area contributed by atoms with E-state index >= 15 is 0 Å². The van der Waals surface area contributed by atoms with Gasteiger partial charge in [-0.05, 0) is 54.7 Å². The van der Waals surface area contributed by atoms with Gasteiger partial charge in [0.15, 0.2) is 6.29 Å². The molecule has 2 aromatic carbocycles. The highest BCUT2D eigenvalue weighted by atomic mass is 19.1. The maximum atomic E-state index is 13.5. The number of hydrogen-bond acceptors (Lipinski definition) is 7. The summed E-state index contributed by atoms with van der Waals surface area (Å²) in [6.45, 7) is 4.19. The van der Waals surface area contributed by atoms with E-state index in [0.717, 1.165) is 69.7 Å². The Hall–Kier alpha value is -3.61. The van der Waals surface area contributed by atoms with E-state index in [0.29, 0.717) is 12.3 Å². The van der Waals surface area contributed by atoms with Crippen LogP contribution in [0.4, 0.5) is 8.78 Å². The summed E-state index contributed by atoms with van der Waals surface area (Å²) in [5.74, 6) is -3.31. The predicted molar refractivity (Wildman–Crippen MR) is 148 cm³/mol. The van der Waals surface area contributed by atoms with Crippen LogP contribution in [0.25, 0.3) is 0 Å². The quantitative estimate of drug-likeness (QED) is 0.377. The summed E-state index contributed by atoms with van der Waals surface area (Å²) in [7, 11) is 0. The van der Waals surface area contributed by atoms with Crippen molar-refractivity contribution in [3.05, 3.63) is 65.5 Å². The Morgan fingerprint density at radius 2 is 1.52 bits per heavy atom. The molecule has 0 aromatic heterocycles. The summed E-state index contributed by atoms with van der Waals surface area (Å²) < 4.78 is 42.4. The zero-order valence-electron chi connectivity index (χ0n) is 23.5. The van der Waals surface area contributed by atoms with Crippen LogP contribution in [0, 0.1) is 5.82 Å². The standard InChI is InChI=1S/C28H36F2N2O4.C2H2O4/c29-13-19-34-26-8-4-22(5-9-26)20-27(33)32(21-23-2-6-24(30)7-3-23)25-10-14-31(15-11-25)16-12-28-35-17-1-18-36-28;3-1(4)2(5)6/h2-9,25,28H,1,10-21H2;(H,3,4)(H,5,6). The van der Waals surface area contributed by atoms with Gasteiger partial charge >= 0.3 is 11.9 Å². The number of piperidine rings is 1. The maximum Gasteiger partial charge on any atom is 0.414 e. The van der Waals surface area contributed by atoms with Crippen molar-refractivity contribution in [2.45, 2.75) is 51.0 Å². The Balaban J connectivity index is 0.000000730. The van der Waals surface area contributed by atoms with Gasteiger partial charge in [0.2, 0.25) is 5.91 Å². The van der Waals surface area contributed by atoms with E-state index in [1.165, 1.54) is 12.1 Å². The van der Waals surface area contributed by atoms with Gasteiger partial charge in [-0.2, -0.15) is 0 Å². The first-order valence-corrected chi connectivity index (χ1v) is 14.0. The van der Waals surface area contributed by atoms with Gasteiger partial charge in [0, 0.05) is 38.6 Å². The summed E-state index contributed by atoms with van der Waals surface area (Å²) in [5, 5.41) is 14.8. The lowest BCUT2D eigenvalue weighted by Gasteiger charge is -2.39. The summed E-state index contributed by atoms with van der Waals surface area (Å²) >= 11 is 0. The highest BCUT2D eigenvalue weighted by Crippen LogP contribution is 2.22. The summed E-state index contributed by atoms with van der Waals surface area (Å²) in [6, 6.07) is 13.7. The molecule has 0 bridgehead atoms. The minimum absolute atomic E-state index is 0.0170. The van der Waals surface area contributed by atoms with Crippen molar-refractivity contribution in [2.75, 3.05) is 46.1 Å². The number of ether oxygens (including phenoxy) is 3. The molecule has 1 amide bonds. The lowest BCUT2D eigenvalue weighted by Crippen LogP contribution is -2.48. The average molecular weight is 593 g/mol. The van der Waals surface area contributed by atoms with Gasteiger partial charge < -0.3 is 34.2 Å². The van der Waals surface area contributed by atoms with Crippen LogP contribution >= 0.6 is 0 Å². The molecule has 2 fully saturated rings. The SMILES string of the molecule is O=C(Cc1ccc(OCCF)cc1)N(Cc1ccc(F)cc1)C1CCN(CCC2OCCCO2)CC1.O=C(O)C(=O)O. The number of rotatable bonds is 11. The Bertz CT molecular complexity index is 1110. The van der Waals surface area contributed by atoms with Crippen molar-refractivity contribution in [1.82, 2.24) is 9.80 Å². The van der Waals surface area contributed by atoms with Crippen LogP contribution in [0.3, 0.4) is 0 Å². The third-order valence-corrected chi connectivity index (χ3v) is 6.97. The van der Waals surface area contributed by atoms with Gasteiger partial charge in [-0.1, -0.05) is 24.3 Å². The number of halogens is 2. The van der Waals surface area contributed by atoms with Crippen LogP contribution in [-0.4, -0.2) is 96.3 Å². The molecule has 2 saturated heterocycles. The summed E-state index contributed by atoms with van der Waals surface area (Å²) in [4.78, 5) is 36.0. The van der Waals surface area contributed by atoms with E-state index in [9.17, 15) is 13.6 Å². The lowest BCUT2D eigenvalue weighted by atomic mass is 10.0. The van der Waals surface area contributed by atoms with Crippen LogP contribution in [-0.2, 0) is 36.8 Å². The third-order valence-electron chi connectivity index (χ3n) is 6.97. The number of carbonyl (C=O) groups excluding carboxylic acids is 1. The normalized spacial score (nSPS) is 16.2. The smallest absolute Gasteiger partial charge is 0.414 e. The molecule has 0 radical (unpaired) electrons. The van der Waals surface area contributed by atoms with E-state index in [-0.39, 0.29) is 37.1 Å². The number of alkyl halides is 1. The van der Waals surface area contributed by atoms with Crippen LogP contribution < -0.4 is 4.74 Å². The molecule has 2 N–H and O–H groups in total. The van der Waals surface area contributed by atoms with Crippen molar-refractivity contribution in [3.63, 3.8) is 0 Å². The molecule has 2 aromatic rings.